The summed E-state index contributed by atoms with van der Waals surface area (Å²) >= 11 is 26.6. The van der Waals surface area contributed by atoms with E-state index in [9.17, 15) is 0 Å². The Balaban J connectivity index is -0.000000102. The molecular weight excluding hydrogens is 634 g/mol. The molecule has 40 heavy (non-hydrogen) atoms. The van der Waals surface area contributed by atoms with E-state index in [4.69, 9.17) is 97.0 Å². The number of aliphatic hydroxyl groups excluding tert-OH is 3. The van der Waals surface area contributed by atoms with Gasteiger partial charge in [-0.15, -0.1) is 11.6 Å². The van der Waals surface area contributed by atoms with Gasteiger partial charge in [-0.05, 0) is 0 Å². The number of rotatable bonds is 22. The first-order valence-electron chi connectivity index (χ1n) is 11.3. The Morgan fingerprint density at radius 1 is 0.425 bits per heavy atom. The van der Waals surface area contributed by atoms with Crippen LogP contribution in [0.1, 0.15) is 14.9 Å². The third kappa shape index (κ3) is 77.0. The van der Waals surface area contributed by atoms with Crippen molar-refractivity contribution in [3.63, 3.8) is 0 Å². The zero-order chi connectivity index (χ0) is 29.9. The van der Waals surface area contributed by atoms with E-state index in [0.717, 1.165) is 0 Å². The standard InChI is InChI=1S/C10H16Cl2O3.C7H13ClO3.C4H10O3.C3H4Cl2.2CH4/c1-9(11)7-14-5-3-13-4-6-15-8-10(2)12;1-7(8)6-11-5-4-10-3-2-9;5-1-3-7-4-2-6;1-3(5)2-4;;/h1-8H2;9H,1-6H2;5-6H,1-4H2;1-2H2;2*1H4. The molecule has 0 aliphatic rings. The zero-order valence-corrected chi connectivity index (χ0v) is 25.6. The summed E-state index contributed by atoms with van der Waals surface area (Å²) in [7, 11) is 0. The molecule has 0 bridgehead atoms. The average molecular weight is 685 g/mol. The van der Waals surface area contributed by atoms with Crippen LogP contribution in [0.3, 0.4) is 0 Å². The molecule has 14 heteroatoms. The van der Waals surface area contributed by atoms with Crippen molar-refractivity contribution < 1.29 is 43.7 Å². The van der Waals surface area contributed by atoms with Gasteiger partial charge >= 0.3 is 0 Å². The lowest BCUT2D eigenvalue weighted by molar-refractivity contribution is 0.0244. The van der Waals surface area contributed by atoms with Gasteiger partial charge in [-0.1, -0.05) is 87.6 Å². The Labute approximate surface area is 267 Å². The number of alkyl halides is 1. The predicted octanol–water partition coefficient (Wildman–Crippen LogP) is 5.54. The predicted molar refractivity (Wildman–Crippen MR) is 170 cm³/mol. The maximum Gasteiger partial charge on any atom is 0.0818 e. The summed E-state index contributed by atoms with van der Waals surface area (Å²) in [4.78, 5) is 0. The van der Waals surface area contributed by atoms with Crippen LogP contribution in [0.15, 0.2) is 46.4 Å². The molecule has 0 aliphatic carbocycles. The van der Waals surface area contributed by atoms with E-state index < -0.39 is 0 Å². The normalized spacial score (nSPS) is 9.20. The SMILES string of the molecule is C.C.C=C(Cl)CCl.C=C(Cl)COCCOCCO.C=C(Cl)COCCOCCOCC(=C)Cl.OCCOCCO. The summed E-state index contributed by atoms with van der Waals surface area (Å²) in [5.74, 6) is 0.349. The third-order valence-corrected chi connectivity index (χ3v) is 3.66. The summed E-state index contributed by atoms with van der Waals surface area (Å²) in [6.45, 7) is 18.8. The van der Waals surface area contributed by atoms with Gasteiger partial charge < -0.3 is 43.7 Å². The summed E-state index contributed by atoms with van der Waals surface area (Å²) in [6.07, 6.45) is 0. The van der Waals surface area contributed by atoms with Gasteiger partial charge in [0, 0.05) is 20.1 Å². The third-order valence-electron chi connectivity index (χ3n) is 2.74. The molecule has 0 rings (SSSR count). The van der Waals surface area contributed by atoms with E-state index in [1.165, 1.54) is 0 Å². The van der Waals surface area contributed by atoms with E-state index in [-0.39, 0.29) is 34.7 Å². The number of hydrogen-bond donors (Lipinski definition) is 3. The molecule has 0 aromatic carbocycles. The van der Waals surface area contributed by atoms with E-state index in [0.29, 0.717) is 105 Å². The number of halogens is 5. The molecule has 0 fully saturated rings. The van der Waals surface area contributed by atoms with Crippen LogP contribution in [0.4, 0.5) is 0 Å². The fourth-order valence-corrected chi connectivity index (χ4v) is 1.63. The molecule has 0 heterocycles. The highest BCUT2D eigenvalue weighted by atomic mass is 35.5. The van der Waals surface area contributed by atoms with Crippen LogP contribution in [0.25, 0.3) is 0 Å². The summed E-state index contributed by atoms with van der Waals surface area (Å²) in [6, 6.07) is 0. The molecule has 244 valence electrons. The van der Waals surface area contributed by atoms with E-state index >= 15 is 0 Å². The van der Waals surface area contributed by atoms with Gasteiger partial charge in [0.2, 0.25) is 0 Å². The molecule has 0 aromatic rings. The van der Waals surface area contributed by atoms with Crippen molar-refractivity contribution in [1.29, 1.82) is 0 Å². The average Bonchev–Trinajstić information content (AvgIpc) is 2.86. The molecule has 3 N–H and O–H groups in total. The number of allylic oxidation sites excluding steroid dienone is 1. The Bertz CT molecular complexity index is 519. The molecule has 0 saturated carbocycles. The largest absolute Gasteiger partial charge is 0.394 e. The van der Waals surface area contributed by atoms with Gasteiger partial charge in [0.25, 0.3) is 0 Å². The highest BCUT2D eigenvalue weighted by molar-refractivity contribution is 6.35. The fraction of sp³-hybridized carbons (Fsp3) is 0.692. The molecular formula is C26H51Cl5O9. The van der Waals surface area contributed by atoms with Crippen LogP contribution >= 0.6 is 58.0 Å². The first-order valence-corrected chi connectivity index (χ1v) is 13.3. The fourth-order valence-electron chi connectivity index (χ4n) is 1.40. The van der Waals surface area contributed by atoms with Crippen LogP contribution in [0, 0.1) is 0 Å². The van der Waals surface area contributed by atoms with Crippen molar-refractivity contribution >= 4 is 58.0 Å². The highest BCUT2D eigenvalue weighted by Crippen LogP contribution is 1.98. The number of ether oxygens (including phenoxy) is 6. The second kappa shape index (κ2) is 48.8. The minimum absolute atomic E-state index is 0. The van der Waals surface area contributed by atoms with Crippen molar-refractivity contribution in [1.82, 2.24) is 0 Å². The number of aliphatic hydroxyl groups is 3. The lowest BCUT2D eigenvalue weighted by Crippen LogP contribution is -2.10. The lowest BCUT2D eigenvalue weighted by Gasteiger charge is -2.05. The minimum atomic E-state index is 0. The molecule has 0 atom stereocenters. The van der Waals surface area contributed by atoms with Crippen molar-refractivity contribution in [2.24, 2.45) is 0 Å². The summed E-state index contributed by atoms with van der Waals surface area (Å²) in [5.41, 5.74) is 0. The van der Waals surface area contributed by atoms with Crippen LogP contribution in [-0.2, 0) is 28.4 Å². The van der Waals surface area contributed by atoms with Crippen molar-refractivity contribution in [2.45, 2.75) is 14.9 Å². The quantitative estimate of drug-likeness (QED) is 0.0999. The minimum Gasteiger partial charge on any atom is -0.394 e. The van der Waals surface area contributed by atoms with Crippen LogP contribution < -0.4 is 0 Å². The van der Waals surface area contributed by atoms with Crippen LogP contribution in [0.2, 0.25) is 0 Å². The van der Waals surface area contributed by atoms with E-state index in [1.807, 2.05) is 0 Å². The maximum atomic E-state index is 8.31. The highest BCUT2D eigenvalue weighted by Gasteiger charge is 1.93. The van der Waals surface area contributed by atoms with Gasteiger partial charge in [-0.2, -0.15) is 0 Å². The van der Waals surface area contributed by atoms with E-state index in [1.54, 1.807) is 0 Å². The van der Waals surface area contributed by atoms with Crippen molar-refractivity contribution in [3.05, 3.63) is 46.4 Å². The molecule has 0 saturated heterocycles. The van der Waals surface area contributed by atoms with Crippen molar-refractivity contribution in [3.8, 4) is 0 Å². The zero-order valence-electron chi connectivity index (χ0n) is 21.8. The summed E-state index contributed by atoms with van der Waals surface area (Å²) in [5, 5.41) is 26.4. The van der Waals surface area contributed by atoms with Crippen LogP contribution in [0.5, 0.6) is 0 Å². The number of hydrogen-bond acceptors (Lipinski definition) is 9. The first-order chi connectivity index (χ1) is 18.1. The molecule has 0 aliphatic heterocycles. The smallest absolute Gasteiger partial charge is 0.0818 e. The first kappa shape index (κ1) is 52.7. The molecule has 0 amide bonds. The monoisotopic (exact) mass is 682 g/mol. The lowest BCUT2D eigenvalue weighted by atomic mass is 10.6. The Morgan fingerprint density at radius 2 is 0.625 bits per heavy atom. The Hall–Kier alpha value is 0.0500. The topological polar surface area (TPSA) is 116 Å². The van der Waals surface area contributed by atoms with Gasteiger partial charge in [-0.3, -0.25) is 0 Å². The molecule has 9 nitrogen and oxygen atoms in total. The van der Waals surface area contributed by atoms with Gasteiger partial charge in [0.1, 0.15) is 0 Å². The summed E-state index contributed by atoms with van der Waals surface area (Å²) < 4.78 is 30.0. The van der Waals surface area contributed by atoms with Crippen molar-refractivity contribution in [2.75, 3.05) is 105 Å². The second-order valence-electron chi connectivity index (χ2n) is 6.37. The van der Waals surface area contributed by atoms with Gasteiger partial charge in [-0.25, -0.2) is 0 Å². The molecule has 0 spiro atoms. The molecule has 0 aromatic heterocycles. The van der Waals surface area contributed by atoms with Gasteiger partial charge in [0.05, 0.1) is 105 Å². The molecule has 0 radical (unpaired) electrons. The van der Waals surface area contributed by atoms with E-state index in [2.05, 4.69) is 31.1 Å². The molecule has 0 unspecified atom stereocenters. The Morgan fingerprint density at radius 3 is 0.825 bits per heavy atom. The Kier molecular flexibility index (Phi) is 64.2. The maximum absolute atomic E-state index is 8.31. The van der Waals surface area contributed by atoms with Crippen LogP contribution in [-0.4, -0.2) is 120 Å². The second-order valence-corrected chi connectivity index (χ2v) is 8.77. The van der Waals surface area contributed by atoms with Gasteiger partial charge in [0.15, 0.2) is 0 Å².